The molecule has 7 heteroatoms. The van der Waals surface area contributed by atoms with Crippen LogP contribution in [0.1, 0.15) is 34.6 Å². The maximum Gasteiger partial charge on any atom is 0.290 e. The third-order valence-corrected chi connectivity index (χ3v) is 5.31. The summed E-state index contributed by atoms with van der Waals surface area (Å²) >= 11 is 0. The first-order valence-corrected chi connectivity index (χ1v) is 10.2. The molecule has 3 aromatic rings. The summed E-state index contributed by atoms with van der Waals surface area (Å²) in [6, 6.07) is 16.7. The monoisotopic (exact) mass is 433 g/mol. The molecular formula is C25H23NO6. The van der Waals surface area contributed by atoms with Gasteiger partial charge in [0.25, 0.3) is 5.91 Å². The van der Waals surface area contributed by atoms with Crippen LogP contribution in [0.5, 0.6) is 11.5 Å². The fourth-order valence-corrected chi connectivity index (χ4v) is 3.78. The molecule has 0 bridgehead atoms. The lowest BCUT2D eigenvalue weighted by atomic mass is 9.95. The Bertz CT molecular complexity index is 1130. The number of ether oxygens (including phenoxy) is 2. The number of carbonyl (C=O) groups is 2. The minimum atomic E-state index is -0.780. The van der Waals surface area contributed by atoms with Gasteiger partial charge >= 0.3 is 0 Å². The number of nitrogens with zero attached hydrogens (tertiary/aromatic N) is 1. The van der Waals surface area contributed by atoms with Crippen LogP contribution >= 0.6 is 0 Å². The van der Waals surface area contributed by atoms with Crippen molar-refractivity contribution >= 4 is 11.7 Å². The van der Waals surface area contributed by atoms with Crippen molar-refractivity contribution in [1.82, 2.24) is 4.90 Å². The molecule has 32 heavy (non-hydrogen) atoms. The molecule has 2 aromatic carbocycles. The molecule has 4 rings (SSSR count). The maximum atomic E-state index is 13.2. The van der Waals surface area contributed by atoms with Crippen molar-refractivity contribution in [2.75, 3.05) is 13.7 Å². The van der Waals surface area contributed by atoms with Crippen LogP contribution in [0.15, 0.2) is 82.7 Å². The van der Waals surface area contributed by atoms with Crippen LogP contribution in [0.2, 0.25) is 0 Å². The number of aliphatic hydroxyl groups is 1. The normalized spacial score (nSPS) is 15.9. The number of benzene rings is 2. The summed E-state index contributed by atoms with van der Waals surface area (Å²) < 4.78 is 15.9. The van der Waals surface area contributed by atoms with E-state index in [2.05, 4.69) is 0 Å². The van der Waals surface area contributed by atoms with Crippen LogP contribution in [-0.2, 0) is 11.3 Å². The number of methoxy groups -OCH3 is 1. The van der Waals surface area contributed by atoms with E-state index >= 15 is 0 Å². The summed E-state index contributed by atoms with van der Waals surface area (Å²) in [5.41, 5.74) is 1.49. The van der Waals surface area contributed by atoms with Crippen LogP contribution in [0.25, 0.3) is 0 Å². The zero-order valence-corrected chi connectivity index (χ0v) is 17.8. The Morgan fingerprint density at radius 3 is 2.34 bits per heavy atom. The van der Waals surface area contributed by atoms with Gasteiger partial charge in [0.05, 0.1) is 31.6 Å². The molecule has 0 fully saturated rings. The zero-order valence-electron chi connectivity index (χ0n) is 17.8. The van der Waals surface area contributed by atoms with Gasteiger partial charge in [-0.1, -0.05) is 24.3 Å². The van der Waals surface area contributed by atoms with Crippen LogP contribution in [0.3, 0.4) is 0 Å². The topological polar surface area (TPSA) is 89.2 Å². The lowest BCUT2D eigenvalue weighted by Crippen LogP contribution is -2.30. The second kappa shape index (κ2) is 9.01. The van der Waals surface area contributed by atoms with Gasteiger partial charge in [-0.15, -0.1) is 0 Å². The summed E-state index contributed by atoms with van der Waals surface area (Å²) in [6.45, 7) is 2.66. The molecule has 7 nitrogen and oxygen atoms in total. The Hall–Kier alpha value is -4.00. The quantitative estimate of drug-likeness (QED) is 0.528. The fraction of sp³-hybridized carbons (Fsp3) is 0.200. The number of hydrogen-bond donors (Lipinski definition) is 1. The molecule has 0 radical (unpaired) electrons. The van der Waals surface area contributed by atoms with E-state index in [9.17, 15) is 14.7 Å². The van der Waals surface area contributed by atoms with Gasteiger partial charge in [-0.2, -0.15) is 0 Å². The molecule has 0 spiro atoms. The van der Waals surface area contributed by atoms with Gasteiger partial charge in [-0.05, 0) is 54.4 Å². The average molecular weight is 433 g/mol. The van der Waals surface area contributed by atoms with Gasteiger partial charge in [0.15, 0.2) is 11.5 Å². The number of aliphatic hydroxyl groups excluding tert-OH is 1. The fourth-order valence-electron chi connectivity index (χ4n) is 3.78. The van der Waals surface area contributed by atoms with Gasteiger partial charge in [-0.3, -0.25) is 9.59 Å². The van der Waals surface area contributed by atoms with Gasteiger partial charge in [0, 0.05) is 6.54 Å². The summed E-state index contributed by atoms with van der Waals surface area (Å²) in [7, 11) is 1.56. The Balaban J connectivity index is 1.72. The van der Waals surface area contributed by atoms with Crippen LogP contribution in [-0.4, -0.2) is 35.4 Å². The van der Waals surface area contributed by atoms with Crippen molar-refractivity contribution in [3.05, 3.63) is 95.1 Å². The third-order valence-electron chi connectivity index (χ3n) is 5.31. The summed E-state index contributed by atoms with van der Waals surface area (Å²) in [5.74, 6) is -0.294. The van der Waals surface area contributed by atoms with Gasteiger partial charge in [0.2, 0.25) is 5.78 Å². The summed E-state index contributed by atoms with van der Waals surface area (Å²) in [4.78, 5) is 27.7. The molecule has 1 aliphatic heterocycles. The van der Waals surface area contributed by atoms with E-state index in [1.807, 2.05) is 31.2 Å². The number of furan rings is 1. The van der Waals surface area contributed by atoms with Crippen molar-refractivity contribution in [2.45, 2.75) is 19.5 Å². The lowest BCUT2D eigenvalue weighted by Gasteiger charge is -2.27. The van der Waals surface area contributed by atoms with Crippen molar-refractivity contribution in [2.24, 2.45) is 0 Å². The van der Waals surface area contributed by atoms with E-state index in [0.717, 1.165) is 11.3 Å². The molecular weight excluding hydrogens is 410 g/mol. The molecule has 1 atom stereocenters. The molecule has 1 N–H and O–H groups in total. The first-order valence-electron chi connectivity index (χ1n) is 10.2. The molecule has 1 aliphatic rings. The predicted octanol–water partition coefficient (Wildman–Crippen LogP) is 4.47. The number of Topliss-reactive ketones (excluding diaryl/α,β-unsaturated/α-hetero) is 1. The second-order valence-corrected chi connectivity index (χ2v) is 7.25. The molecule has 0 saturated carbocycles. The number of rotatable bonds is 8. The Kier molecular flexibility index (Phi) is 5.98. The predicted molar refractivity (Wildman–Crippen MR) is 117 cm³/mol. The molecule has 164 valence electrons. The second-order valence-electron chi connectivity index (χ2n) is 7.25. The van der Waals surface area contributed by atoms with Gasteiger partial charge in [-0.25, -0.2) is 0 Å². The van der Waals surface area contributed by atoms with E-state index in [-0.39, 0.29) is 17.9 Å². The largest absolute Gasteiger partial charge is 0.503 e. The third kappa shape index (κ3) is 3.97. The van der Waals surface area contributed by atoms with Crippen molar-refractivity contribution in [3.63, 3.8) is 0 Å². The lowest BCUT2D eigenvalue weighted by molar-refractivity contribution is -0.130. The Morgan fingerprint density at radius 1 is 1.06 bits per heavy atom. The van der Waals surface area contributed by atoms with Crippen molar-refractivity contribution in [3.8, 4) is 11.5 Å². The number of hydrogen-bond acceptors (Lipinski definition) is 6. The minimum absolute atomic E-state index is 0.0129. The van der Waals surface area contributed by atoms with Crippen LogP contribution < -0.4 is 9.47 Å². The summed E-state index contributed by atoms with van der Waals surface area (Å²) in [6.07, 6.45) is 1.38. The highest BCUT2D eigenvalue weighted by Gasteiger charge is 2.44. The molecule has 0 aliphatic carbocycles. The van der Waals surface area contributed by atoms with Crippen molar-refractivity contribution < 1.29 is 28.6 Å². The molecule has 2 heterocycles. The van der Waals surface area contributed by atoms with E-state index in [1.165, 1.54) is 17.2 Å². The Labute approximate surface area is 185 Å². The first kappa shape index (κ1) is 21.2. The average Bonchev–Trinajstić information content (AvgIpc) is 3.44. The maximum absolute atomic E-state index is 13.2. The molecule has 0 saturated heterocycles. The van der Waals surface area contributed by atoms with Gasteiger partial charge < -0.3 is 23.9 Å². The highest BCUT2D eigenvalue weighted by atomic mass is 16.5. The zero-order chi connectivity index (χ0) is 22.7. The number of carbonyl (C=O) groups excluding carboxylic acids is 2. The SMILES string of the molecule is CCOc1ccc(CN2C(=O)C(O)=C(C(=O)c3ccco3)C2c2ccc(OC)cc2)cc1. The van der Waals surface area contributed by atoms with Crippen molar-refractivity contribution in [1.29, 1.82) is 0 Å². The summed E-state index contributed by atoms with van der Waals surface area (Å²) in [5, 5.41) is 10.7. The number of amides is 1. The Morgan fingerprint density at radius 2 is 1.75 bits per heavy atom. The van der Waals surface area contributed by atoms with Gasteiger partial charge in [0.1, 0.15) is 11.5 Å². The first-order chi connectivity index (χ1) is 15.5. The van der Waals surface area contributed by atoms with E-state index in [1.54, 1.807) is 37.4 Å². The van der Waals surface area contributed by atoms with Crippen LogP contribution in [0.4, 0.5) is 0 Å². The van der Waals surface area contributed by atoms with Crippen LogP contribution in [0, 0.1) is 0 Å². The standard InChI is InChI=1S/C25H23NO6/c1-3-31-19-10-6-16(7-11-19)15-26-22(17-8-12-18(30-2)13-9-17)21(24(28)25(26)29)23(27)20-5-4-14-32-20/h4-14,22,28H,3,15H2,1-2H3. The van der Waals surface area contributed by atoms with E-state index in [0.29, 0.717) is 17.9 Å². The molecule has 1 amide bonds. The highest BCUT2D eigenvalue weighted by molar-refractivity contribution is 6.15. The molecule has 1 unspecified atom stereocenters. The van der Waals surface area contributed by atoms with E-state index in [4.69, 9.17) is 13.9 Å². The smallest absolute Gasteiger partial charge is 0.290 e. The van der Waals surface area contributed by atoms with E-state index < -0.39 is 23.5 Å². The minimum Gasteiger partial charge on any atom is -0.503 e. The molecule has 1 aromatic heterocycles. The number of ketones is 1. The highest BCUT2D eigenvalue weighted by Crippen LogP contribution is 2.40.